The Morgan fingerprint density at radius 3 is 2.65 bits per heavy atom. The van der Waals surface area contributed by atoms with Crippen molar-refractivity contribution in [2.75, 3.05) is 19.6 Å². The van der Waals surface area contributed by atoms with Gasteiger partial charge in [0.25, 0.3) is 0 Å². The first-order valence-corrected chi connectivity index (χ1v) is 7.63. The third kappa shape index (κ3) is 2.66. The number of benzene rings is 1. The van der Waals surface area contributed by atoms with E-state index in [9.17, 15) is 18.4 Å². The Bertz CT molecular complexity index is 735. The van der Waals surface area contributed by atoms with Crippen LogP contribution in [0.5, 0.6) is 5.75 Å². The van der Waals surface area contributed by atoms with E-state index in [0.717, 1.165) is 18.4 Å². The third-order valence-electron chi connectivity index (χ3n) is 4.99. The van der Waals surface area contributed by atoms with E-state index >= 15 is 0 Å². The van der Waals surface area contributed by atoms with Gasteiger partial charge in [0.05, 0.1) is 24.8 Å². The summed E-state index contributed by atoms with van der Waals surface area (Å²) in [6.07, 6.45) is -1.42. The number of alkyl halides is 3. The van der Waals surface area contributed by atoms with Crippen LogP contribution in [0.25, 0.3) is 10.9 Å². The lowest BCUT2D eigenvalue weighted by atomic mass is 9.83. The molecule has 2 aromatic rings. The van der Waals surface area contributed by atoms with Gasteiger partial charge in [0.15, 0.2) is 0 Å². The lowest BCUT2D eigenvalue weighted by molar-refractivity contribution is -0.900. The normalized spacial score (nSPS) is 30.8. The summed E-state index contributed by atoms with van der Waals surface area (Å²) >= 11 is 0. The Kier molecular flexibility index (Phi) is 3.11. The average Bonchev–Trinajstić information content (AvgIpc) is 2.88. The molecule has 3 aliphatic rings. The Labute approximate surface area is 130 Å². The van der Waals surface area contributed by atoms with Crippen molar-refractivity contribution in [3.05, 3.63) is 29.6 Å². The van der Waals surface area contributed by atoms with Crippen LogP contribution in [0.4, 0.5) is 13.2 Å². The van der Waals surface area contributed by atoms with Crippen LogP contribution in [-0.4, -0.2) is 40.4 Å². The van der Waals surface area contributed by atoms with Crippen LogP contribution in [0.3, 0.4) is 0 Å². The summed E-state index contributed by atoms with van der Waals surface area (Å²) in [6.45, 7) is 1.80. The van der Waals surface area contributed by atoms with Crippen LogP contribution in [0.15, 0.2) is 24.4 Å². The van der Waals surface area contributed by atoms with Crippen LogP contribution >= 0.6 is 0 Å². The van der Waals surface area contributed by atoms with E-state index in [1.807, 2.05) is 0 Å². The number of aromatic nitrogens is 2. The highest BCUT2D eigenvalue weighted by molar-refractivity contribution is 5.80. The molecule has 124 valence electrons. The fraction of sp³-hybridized carbons (Fsp3) is 0.533. The van der Waals surface area contributed by atoms with Gasteiger partial charge >= 0.3 is 6.36 Å². The number of halogens is 3. The van der Waals surface area contributed by atoms with E-state index in [0.29, 0.717) is 30.9 Å². The molecule has 3 fully saturated rings. The van der Waals surface area contributed by atoms with Crippen molar-refractivity contribution in [3.8, 4) is 5.75 Å². The van der Waals surface area contributed by atoms with Crippen LogP contribution in [0.2, 0.25) is 0 Å². The van der Waals surface area contributed by atoms with Gasteiger partial charge in [-0.05, 0) is 24.1 Å². The van der Waals surface area contributed by atoms with Crippen LogP contribution < -0.4 is 4.74 Å². The maximum atomic E-state index is 12.5. The van der Waals surface area contributed by atoms with E-state index in [1.165, 1.54) is 18.3 Å². The van der Waals surface area contributed by atoms with Gasteiger partial charge in [-0.3, -0.25) is 4.68 Å². The Hall–Kier alpha value is -1.80. The molecule has 0 unspecified atom stereocenters. The lowest BCUT2D eigenvalue weighted by Gasteiger charge is -2.55. The number of hydroxylamine groups is 3. The average molecular weight is 327 g/mol. The summed E-state index contributed by atoms with van der Waals surface area (Å²) in [5.41, 5.74) is 0.741. The second kappa shape index (κ2) is 4.85. The topological polar surface area (TPSA) is 50.1 Å². The molecular formula is C15H16F3N3O2. The molecule has 0 spiro atoms. The predicted molar refractivity (Wildman–Crippen MR) is 76.4 cm³/mol. The number of fused-ring (bicyclic) bond motifs is 4. The van der Waals surface area contributed by atoms with Gasteiger partial charge in [-0.15, -0.1) is 13.2 Å². The Morgan fingerprint density at radius 2 is 2.00 bits per heavy atom. The molecule has 0 saturated carbocycles. The lowest BCUT2D eigenvalue weighted by Crippen LogP contribution is -2.58. The van der Waals surface area contributed by atoms with Crippen molar-refractivity contribution in [3.63, 3.8) is 0 Å². The van der Waals surface area contributed by atoms with Crippen molar-refractivity contribution in [2.24, 2.45) is 5.92 Å². The van der Waals surface area contributed by atoms with Crippen molar-refractivity contribution in [1.82, 2.24) is 9.78 Å². The first kappa shape index (κ1) is 14.8. The summed E-state index contributed by atoms with van der Waals surface area (Å²) in [5.74, 6) is 0.156. The van der Waals surface area contributed by atoms with Gasteiger partial charge in [-0.2, -0.15) is 5.10 Å². The van der Waals surface area contributed by atoms with E-state index < -0.39 is 6.36 Å². The molecule has 4 heterocycles. The number of quaternary nitrogens is 1. The maximum absolute atomic E-state index is 12.5. The highest BCUT2D eigenvalue weighted by Gasteiger charge is 2.43. The zero-order valence-electron chi connectivity index (χ0n) is 12.3. The van der Waals surface area contributed by atoms with E-state index in [4.69, 9.17) is 0 Å². The fourth-order valence-electron chi connectivity index (χ4n) is 3.89. The SMILES string of the molecule is [O-][N+]12CCC(CC1)[C@H](n1ncc3cc(OC(F)(F)F)ccc31)C2. The van der Waals surface area contributed by atoms with Gasteiger partial charge < -0.3 is 14.6 Å². The molecule has 5 nitrogen and oxygen atoms in total. The molecule has 0 N–H and O–H groups in total. The van der Waals surface area contributed by atoms with Crippen molar-refractivity contribution >= 4 is 10.9 Å². The molecule has 1 aromatic heterocycles. The summed E-state index contributed by atoms with van der Waals surface area (Å²) in [6, 6.07) is 4.21. The molecule has 1 atom stereocenters. The molecular weight excluding hydrogens is 311 g/mol. The van der Waals surface area contributed by atoms with Crippen LogP contribution in [-0.2, 0) is 0 Å². The third-order valence-corrected chi connectivity index (χ3v) is 4.99. The molecule has 0 radical (unpaired) electrons. The maximum Gasteiger partial charge on any atom is 0.573 e. The van der Waals surface area contributed by atoms with E-state index in [1.54, 1.807) is 10.7 Å². The summed E-state index contributed by atoms with van der Waals surface area (Å²) in [7, 11) is 0. The molecule has 0 amide bonds. The first-order valence-electron chi connectivity index (χ1n) is 7.63. The monoisotopic (exact) mass is 327 g/mol. The smallest absolute Gasteiger partial charge is 0.573 e. The Morgan fingerprint density at radius 1 is 1.26 bits per heavy atom. The number of piperidine rings is 3. The van der Waals surface area contributed by atoms with Gasteiger partial charge in [-0.25, -0.2) is 0 Å². The highest BCUT2D eigenvalue weighted by atomic mass is 19.4. The van der Waals surface area contributed by atoms with Gasteiger partial charge in [0.2, 0.25) is 0 Å². The van der Waals surface area contributed by atoms with Gasteiger partial charge in [0.1, 0.15) is 18.3 Å². The van der Waals surface area contributed by atoms with Gasteiger partial charge in [0, 0.05) is 18.2 Å². The first-order chi connectivity index (χ1) is 10.8. The second-order valence-electron chi connectivity index (χ2n) is 6.45. The van der Waals surface area contributed by atoms with Crippen LogP contribution in [0, 0.1) is 11.1 Å². The van der Waals surface area contributed by atoms with E-state index in [2.05, 4.69) is 9.84 Å². The minimum absolute atomic E-state index is 0.0156. The fourth-order valence-corrected chi connectivity index (χ4v) is 3.89. The predicted octanol–water partition coefficient (Wildman–Crippen LogP) is 3.21. The van der Waals surface area contributed by atoms with Crippen molar-refractivity contribution < 1.29 is 22.6 Å². The highest BCUT2D eigenvalue weighted by Crippen LogP contribution is 2.41. The van der Waals surface area contributed by atoms with E-state index in [-0.39, 0.29) is 16.4 Å². The molecule has 0 aliphatic carbocycles. The molecule has 2 bridgehead atoms. The molecule has 23 heavy (non-hydrogen) atoms. The molecule has 3 saturated heterocycles. The standard InChI is InChI=1S/C15H16F3N3O2/c16-15(17,18)23-12-1-2-13-11(7-12)8-19-20(13)14-9-21(22)5-3-10(14)4-6-21/h1-2,7-8,10,14H,3-6,9H2/t10?,14-,21?/m1/s1. The molecule has 8 heteroatoms. The summed E-state index contributed by atoms with van der Waals surface area (Å²) < 4.78 is 42.5. The van der Waals surface area contributed by atoms with Crippen molar-refractivity contribution in [1.29, 1.82) is 0 Å². The summed E-state index contributed by atoms with van der Waals surface area (Å²) in [4.78, 5) is 0. The molecule has 1 aromatic carbocycles. The largest absolute Gasteiger partial charge is 0.633 e. The zero-order valence-corrected chi connectivity index (χ0v) is 12.3. The van der Waals surface area contributed by atoms with Crippen molar-refractivity contribution in [2.45, 2.75) is 25.2 Å². The zero-order chi connectivity index (χ0) is 16.2. The summed E-state index contributed by atoms with van der Waals surface area (Å²) in [5, 5.41) is 17.5. The molecule has 5 rings (SSSR count). The number of rotatable bonds is 2. The number of hydrogen-bond donors (Lipinski definition) is 0. The van der Waals surface area contributed by atoms with Crippen LogP contribution in [0.1, 0.15) is 18.9 Å². The Balaban J connectivity index is 1.67. The number of hydrogen-bond acceptors (Lipinski definition) is 3. The second-order valence-corrected chi connectivity index (χ2v) is 6.45. The minimum atomic E-state index is -4.71. The molecule has 3 aliphatic heterocycles. The number of nitrogens with zero attached hydrogens (tertiary/aromatic N) is 3. The minimum Gasteiger partial charge on any atom is -0.633 e. The quantitative estimate of drug-likeness (QED) is 0.629. The number of ether oxygens (including phenoxy) is 1. The van der Waals surface area contributed by atoms with Gasteiger partial charge in [-0.1, -0.05) is 0 Å².